The first kappa shape index (κ1) is 24.1. The van der Waals surface area contributed by atoms with E-state index in [4.69, 9.17) is 4.74 Å². The van der Waals surface area contributed by atoms with Gasteiger partial charge in [-0.05, 0) is 65.9 Å². The minimum absolute atomic E-state index is 0.116. The van der Waals surface area contributed by atoms with Crippen LogP contribution < -0.4 is 14.5 Å². The van der Waals surface area contributed by atoms with E-state index in [1.165, 1.54) is 24.3 Å². The number of amides is 2. The highest BCUT2D eigenvalue weighted by Crippen LogP contribution is 2.49. The summed E-state index contributed by atoms with van der Waals surface area (Å²) < 4.78 is 19.6. The predicted molar refractivity (Wildman–Crippen MR) is 142 cm³/mol. The molecular formula is C31H27FN2O4. The number of aryl methyl sites for hydroxylation is 1. The van der Waals surface area contributed by atoms with Crippen molar-refractivity contribution in [1.29, 1.82) is 0 Å². The molecule has 0 aliphatic carbocycles. The van der Waals surface area contributed by atoms with Crippen LogP contribution in [0.15, 0.2) is 72.8 Å². The Morgan fingerprint density at radius 1 is 0.947 bits per heavy atom. The van der Waals surface area contributed by atoms with Gasteiger partial charge in [-0.15, -0.1) is 0 Å². The van der Waals surface area contributed by atoms with Crippen molar-refractivity contribution in [3.05, 3.63) is 95.3 Å². The summed E-state index contributed by atoms with van der Waals surface area (Å²) in [6.07, 6.45) is 3.82. The van der Waals surface area contributed by atoms with Crippen molar-refractivity contribution in [3.8, 4) is 5.75 Å². The monoisotopic (exact) mass is 510 g/mol. The Hall–Kier alpha value is -4.26. The number of nitrogens with zero attached hydrogens (tertiary/aromatic N) is 2. The van der Waals surface area contributed by atoms with Crippen molar-refractivity contribution in [2.24, 2.45) is 11.8 Å². The predicted octanol–water partition coefficient (Wildman–Crippen LogP) is 5.25. The lowest BCUT2D eigenvalue weighted by molar-refractivity contribution is -0.139. The van der Waals surface area contributed by atoms with Crippen LogP contribution >= 0.6 is 0 Å². The van der Waals surface area contributed by atoms with E-state index < -0.39 is 47.5 Å². The number of ether oxygens (including phenoxy) is 1. The van der Waals surface area contributed by atoms with Gasteiger partial charge in [0.05, 0.1) is 23.6 Å². The van der Waals surface area contributed by atoms with E-state index in [-0.39, 0.29) is 11.6 Å². The Bertz CT molecular complexity index is 1500. The molecule has 3 aromatic carbocycles. The standard InChI is InChI=1S/C31H27FN2O4/c1-17(2)22-14-8-18(3)16-25(22)38-31(37)28-27-26(24-15-9-19-6-4-5-7-23(19)34(24)28)29(35)33(30(27)36)21-12-10-20(32)11-13-21/h4-17,24,26-28H,1-3H3/t24-,26+,27+,28-/m0/s1. The zero-order valence-corrected chi connectivity index (χ0v) is 21.3. The maximum Gasteiger partial charge on any atom is 0.335 e. The number of para-hydroxylation sites is 1. The SMILES string of the molecule is Cc1ccc(C(C)C)c(OC(=O)[C@@H]2[C@@H]3C(=O)N(c4ccc(F)cc4)C(=O)[C@@H]3[C@@H]3C=Cc4ccccc4N23)c1. The lowest BCUT2D eigenvalue weighted by atomic mass is 9.88. The fraction of sp³-hybridized carbons (Fsp3) is 0.258. The minimum atomic E-state index is -1.02. The van der Waals surface area contributed by atoms with Gasteiger partial charge in [0.1, 0.15) is 17.6 Å². The number of halogens is 1. The van der Waals surface area contributed by atoms with Gasteiger partial charge in [-0.2, -0.15) is 0 Å². The number of rotatable bonds is 4. The maximum absolute atomic E-state index is 14.0. The molecule has 0 aromatic heterocycles. The first-order chi connectivity index (χ1) is 18.3. The molecule has 0 radical (unpaired) electrons. The molecule has 4 atom stereocenters. The largest absolute Gasteiger partial charge is 0.425 e. The number of hydrogen-bond donors (Lipinski definition) is 0. The summed E-state index contributed by atoms with van der Waals surface area (Å²) in [5.74, 6) is -3.09. The van der Waals surface area contributed by atoms with Gasteiger partial charge in [0.15, 0.2) is 0 Å². The molecule has 3 aliphatic heterocycles. The molecule has 6 nitrogen and oxygen atoms in total. The van der Waals surface area contributed by atoms with Gasteiger partial charge in [-0.3, -0.25) is 9.59 Å². The molecule has 0 spiro atoms. The van der Waals surface area contributed by atoms with Gasteiger partial charge in [0.25, 0.3) is 0 Å². The first-order valence-corrected chi connectivity index (χ1v) is 12.8. The van der Waals surface area contributed by atoms with Crippen LogP contribution in [0.25, 0.3) is 6.08 Å². The number of hydrogen-bond acceptors (Lipinski definition) is 5. The van der Waals surface area contributed by atoms with E-state index in [9.17, 15) is 18.8 Å². The average Bonchev–Trinajstić information content (AvgIpc) is 3.37. The number of esters is 1. The number of imide groups is 1. The van der Waals surface area contributed by atoms with Crippen LogP contribution in [0.1, 0.15) is 36.5 Å². The molecule has 0 N–H and O–H groups in total. The normalized spacial score (nSPS) is 23.5. The highest BCUT2D eigenvalue weighted by Gasteiger charge is 2.65. The van der Waals surface area contributed by atoms with Crippen LogP contribution in [0, 0.1) is 24.6 Å². The van der Waals surface area contributed by atoms with Crippen LogP contribution in [0.3, 0.4) is 0 Å². The lowest BCUT2D eigenvalue weighted by Crippen LogP contribution is -2.50. The number of fused-ring (bicyclic) bond motifs is 5. The molecule has 6 rings (SSSR count). The second kappa shape index (κ2) is 8.94. The second-order valence-electron chi connectivity index (χ2n) is 10.4. The van der Waals surface area contributed by atoms with Gasteiger partial charge in [-0.1, -0.05) is 56.3 Å². The van der Waals surface area contributed by atoms with Gasteiger partial charge >= 0.3 is 5.97 Å². The van der Waals surface area contributed by atoms with Crippen LogP contribution in [0.4, 0.5) is 15.8 Å². The van der Waals surface area contributed by atoms with E-state index >= 15 is 0 Å². The minimum Gasteiger partial charge on any atom is -0.425 e. The average molecular weight is 511 g/mol. The van der Waals surface area contributed by atoms with Crippen molar-refractivity contribution in [2.75, 3.05) is 9.80 Å². The fourth-order valence-corrected chi connectivity index (χ4v) is 6.00. The van der Waals surface area contributed by atoms with Crippen LogP contribution in [-0.2, 0) is 14.4 Å². The molecule has 0 unspecified atom stereocenters. The molecular weight excluding hydrogens is 483 g/mol. The van der Waals surface area contributed by atoms with E-state index in [2.05, 4.69) is 0 Å². The zero-order chi connectivity index (χ0) is 26.7. The quantitative estimate of drug-likeness (QED) is 0.272. The second-order valence-corrected chi connectivity index (χ2v) is 10.4. The summed E-state index contributed by atoms with van der Waals surface area (Å²) in [6.45, 7) is 5.97. The third-order valence-corrected chi connectivity index (χ3v) is 7.74. The number of benzene rings is 3. The molecule has 0 saturated carbocycles. The molecule has 3 aliphatic rings. The highest BCUT2D eigenvalue weighted by atomic mass is 19.1. The van der Waals surface area contributed by atoms with E-state index in [0.29, 0.717) is 5.75 Å². The Morgan fingerprint density at radius 2 is 1.66 bits per heavy atom. The fourth-order valence-electron chi connectivity index (χ4n) is 6.00. The zero-order valence-electron chi connectivity index (χ0n) is 21.3. The highest BCUT2D eigenvalue weighted by molar-refractivity contribution is 6.24. The molecule has 38 heavy (non-hydrogen) atoms. The third-order valence-electron chi connectivity index (χ3n) is 7.74. The van der Waals surface area contributed by atoms with Gasteiger partial charge < -0.3 is 9.64 Å². The van der Waals surface area contributed by atoms with Crippen molar-refractivity contribution in [3.63, 3.8) is 0 Å². The first-order valence-electron chi connectivity index (χ1n) is 12.8. The lowest BCUT2D eigenvalue weighted by Gasteiger charge is -2.36. The van der Waals surface area contributed by atoms with Gasteiger partial charge in [0, 0.05) is 5.69 Å². The number of anilines is 2. The Balaban J connectivity index is 1.45. The molecule has 7 heteroatoms. The molecule has 3 aromatic rings. The molecule has 192 valence electrons. The van der Waals surface area contributed by atoms with Gasteiger partial charge in [-0.25, -0.2) is 14.1 Å². The summed E-state index contributed by atoms with van der Waals surface area (Å²) in [5.41, 5.74) is 3.79. The molecule has 2 saturated heterocycles. The molecule has 2 amide bonds. The summed E-state index contributed by atoms with van der Waals surface area (Å²) >= 11 is 0. The van der Waals surface area contributed by atoms with Crippen LogP contribution in [0.5, 0.6) is 5.75 Å². The van der Waals surface area contributed by atoms with Crippen LogP contribution in [-0.4, -0.2) is 29.9 Å². The van der Waals surface area contributed by atoms with Crippen molar-refractivity contribution >= 4 is 35.2 Å². The molecule has 0 bridgehead atoms. The van der Waals surface area contributed by atoms with Gasteiger partial charge in [0.2, 0.25) is 11.8 Å². The Morgan fingerprint density at radius 3 is 2.39 bits per heavy atom. The smallest absolute Gasteiger partial charge is 0.335 e. The summed E-state index contributed by atoms with van der Waals surface area (Å²) in [6, 6.07) is 17.1. The number of carbonyl (C=O) groups is 3. The van der Waals surface area contributed by atoms with Crippen molar-refractivity contribution in [1.82, 2.24) is 0 Å². The third kappa shape index (κ3) is 3.64. The van der Waals surface area contributed by atoms with Crippen molar-refractivity contribution in [2.45, 2.75) is 38.8 Å². The number of carbonyl (C=O) groups excluding carboxylic acids is 3. The summed E-state index contributed by atoms with van der Waals surface area (Å²) in [4.78, 5) is 44.6. The summed E-state index contributed by atoms with van der Waals surface area (Å²) in [5, 5.41) is 0. The van der Waals surface area contributed by atoms with Crippen molar-refractivity contribution < 1.29 is 23.5 Å². The Labute approximate surface area is 220 Å². The summed E-state index contributed by atoms with van der Waals surface area (Å²) in [7, 11) is 0. The molecule has 3 heterocycles. The van der Waals surface area contributed by atoms with E-state index in [1.54, 1.807) is 0 Å². The Kier molecular flexibility index (Phi) is 5.67. The topological polar surface area (TPSA) is 66.9 Å². The van der Waals surface area contributed by atoms with Crippen LogP contribution in [0.2, 0.25) is 0 Å². The molecule has 2 fully saturated rings. The van der Waals surface area contributed by atoms with E-state index in [0.717, 1.165) is 27.3 Å². The van der Waals surface area contributed by atoms with E-state index in [1.807, 2.05) is 80.3 Å². The maximum atomic E-state index is 14.0.